The summed E-state index contributed by atoms with van der Waals surface area (Å²) in [5.41, 5.74) is 6.54. The number of aryl methyl sites for hydroxylation is 3. The second-order valence-electron chi connectivity index (χ2n) is 6.32. The van der Waals surface area contributed by atoms with Gasteiger partial charge < -0.3 is 4.74 Å². The smallest absolute Gasteiger partial charge is 0.307 e. The number of benzene rings is 2. The zero-order valence-corrected chi connectivity index (χ0v) is 15.5. The van der Waals surface area contributed by atoms with E-state index in [-0.39, 0.29) is 5.97 Å². The van der Waals surface area contributed by atoms with Crippen LogP contribution in [-0.2, 0) is 16.1 Å². The lowest BCUT2D eigenvalue weighted by Crippen LogP contribution is -2.11. The number of nitrogens with zero attached hydrogens (tertiary/aromatic N) is 2. The lowest BCUT2D eigenvalue weighted by molar-refractivity contribution is -0.143. The molecule has 0 aliphatic carbocycles. The second-order valence-corrected chi connectivity index (χ2v) is 6.32. The molecule has 3 aromatic rings. The van der Waals surface area contributed by atoms with Gasteiger partial charge in [-0.25, -0.2) is 0 Å². The van der Waals surface area contributed by atoms with Crippen molar-refractivity contribution < 1.29 is 9.53 Å². The van der Waals surface area contributed by atoms with Crippen LogP contribution in [0.2, 0.25) is 0 Å². The summed E-state index contributed by atoms with van der Waals surface area (Å²) in [5.74, 6) is -0.198. The molecule has 4 heteroatoms. The monoisotopic (exact) mass is 348 g/mol. The van der Waals surface area contributed by atoms with E-state index in [4.69, 9.17) is 9.84 Å². The first-order valence-corrected chi connectivity index (χ1v) is 8.95. The maximum atomic E-state index is 11.8. The maximum absolute atomic E-state index is 11.8. The van der Waals surface area contributed by atoms with E-state index in [2.05, 4.69) is 44.2 Å². The van der Waals surface area contributed by atoms with E-state index >= 15 is 0 Å². The zero-order valence-electron chi connectivity index (χ0n) is 15.5. The fourth-order valence-corrected chi connectivity index (χ4v) is 3.09. The van der Waals surface area contributed by atoms with Crippen LogP contribution in [0.25, 0.3) is 22.5 Å². The first-order chi connectivity index (χ1) is 12.6. The highest BCUT2D eigenvalue weighted by Gasteiger charge is 2.15. The average molecular weight is 348 g/mol. The Morgan fingerprint density at radius 1 is 1.00 bits per heavy atom. The van der Waals surface area contributed by atoms with Crippen molar-refractivity contribution in [2.24, 2.45) is 0 Å². The highest BCUT2D eigenvalue weighted by molar-refractivity contribution is 5.73. The Morgan fingerprint density at radius 3 is 2.23 bits per heavy atom. The van der Waals surface area contributed by atoms with Gasteiger partial charge in [0.2, 0.25) is 0 Å². The van der Waals surface area contributed by atoms with Gasteiger partial charge in [-0.3, -0.25) is 9.48 Å². The van der Waals surface area contributed by atoms with E-state index < -0.39 is 0 Å². The summed E-state index contributed by atoms with van der Waals surface area (Å²) in [4.78, 5) is 11.8. The van der Waals surface area contributed by atoms with Crippen molar-refractivity contribution in [1.82, 2.24) is 9.78 Å². The van der Waals surface area contributed by atoms with Crippen molar-refractivity contribution in [3.63, 3.8) is 0 Å². The minimum Gasteiger partial charge on any atom is -0.466 e. The van der Waals surface area contributed by atoms with Gasteiger partial charge in [-0.2, -0.15) is 5.10 Å². The lowest BCUT2D eigenvalue weighted by atomic mass is 10.0. The Hall–Kier alpha value is -2.88. The molecule has 0 saturated carbocycles. The van der Waals surface area contributed by atoms with E-state index in [1.54, 1.807) is 0 Å². The maximum Gasteiger partial charge on any atom is 0.307 e. The molecule has 0 N–H and O–H groups in total. The standard InChI is InChI=1S/C22H24N2O2/c1-4-26-22(25)13-14-24-21(19-12-8-6-10-17(19)3)15-20(23-24)18-11-7-5-9-16(18)2/h5-12,15H,4,13-14H2,1-3H3. The molecule has 0 fully saturated rings. The van der Waals surface area contributed by atoms with Gasteiger partial charge in [0, 0.05) is 11.1 Å². The Morgan fingerprint density at radius 2 is 1.62 bits per heavy atom. The summed E-state index contributed by atoms with van der Waals surface area (Å²) < 4.78 is 6.98. The molecular weight excluding hydrogens is 324 g/mol. The van der Waals surface area contributed by atoms with Crippen molar-refractivity contribution in [2.45, 2.75) is 33.7 Å². The van der Waals surface area contributed by atoms with Gasteiger partial charge >= 0.3 is 5.97 Å². The first kappa shape index (κ1) is 17.9. The van der Waals surface area contributed by atoms with Crippen LogP contribution in [0.4, 0.5) is 0 Å². The molecule has 0 bridgehead atoms. The molecule has 134 valence electrons. The molecular formula is C22H24N2O2. The molecule has 1 aromatic heterocycles. The van der Waals surface area contributed by atoms with Gasteiger partial charge in [-0.05, 0) is 38.0 Å². The number of hydrogen-bond donors (Lipinski definition) is 0. The normalized spacial score (nSPS) is 10.7. The summed E-state index contributed by atoms with van der Waals surface area (Å²) >= 11 is 0. The number of esters is 1. The molecule has 26 heavy (non-hydrogen) atoms. The quantitative estimate of drug-likeness (QED) is 0.602. The van der Waals surface area contributed by atoms with Crippen LogP contribution in [0.1, 0.15) is 24.5 Å². The predicted molar refractivity (Wildman–Crippen MR) is 104 cm³/mol. The number of ether oxygens (including phenoxy) is 1. The van der Waals surface area contributed by atoms with E-state index in [0.717, 1.165) is 22.5 Å². The third-order valence-corrected chi connectivity index (χ3v) is 4.46. The number of rotatable bonds is 6. The Kier molecular flexibility index (Phi) is 5.52. The number of aromatic nitrogens is 2. The van der Waals surface area contributed by atoms with E-state index in [1.165, 1.54) is 11.1 Å². The number of carbonyl (C=O) groups excluding carboxylic acids is 1. The van der Waals surface area contributed by atoms with Crippen molar-refractivity contribution in [1.29, 1.82) is 0 Å². The van der Waals surface area contributed by atoms with E-state index in [1.807, 2.05) is 35.9 Å². The molecule has 0 aliphatic heterocycles. The fraction of sp³-hybridized carbons (Fsp3) is 0.273. The van der Waals surface area contributed by atoms with Crippen molar-refractivity contribution >= 4 is 5.97 Å². The van der Waals surface area contributed by atoms with Gasteiger partial charge in [0.1, 0.15) is 0 Å². The van der Waals surface area contributed by atoms with Crippen LogP contribution < -0.4 is 0 Å². The highest BCUT2D eigenvalue weighted by atomic mass is 16.5. The third-order valence-electron chi connectivity index (χ3n) is 4.46. The number of hydrogen-bond acceptors (Lipinski definition) is 3. The summed E-state index contributed by atoms with van der Waals surface area (Å²) in [5, 5.41) is 4.80. The Balaban J connectivity index is 2.02. The summed E-state index contributed by atoms with van der Waals surface area (Å²) in [6.07, 6.45) is 0.307. The Labute approximate surface area is 154 Å². The molecule has 0 atom stereocenters. The van der Waals surface area contributed by atoms with Gasteiger partial charge in [0.25, 0.3) is 0 Å². The van der Waals surface area contributed by atoms with E-state index in [9.17, 15) is 4.79 Å². The van der Waals surface area contributed by atoms with Crippen LogP contribution in [0.3, 0.4) is 0 Å². The molecule has 1 heterocycles. The molecule has 0 saturated heterocycles. The van der Waals surface area contributed by atoms with Crippen molar-refractivity contribution in [3.05, 3.63) is 65.7 Å². The average Bonchev–Trinajstić information content (AvgIpc) is 3.05. The largest absolute Gasteiger partial charge is 0.466 e. The lowest BCUT2D eigenvalue weighted by Gasteiger charge is -2.09. The molecule has 0 amide bonds. The van der Waals surface area contributed by atoms with Gasteiger partial charge in [-0.1, -0.05) is 48.5 Å². The van der Waals surface area contributed by atoms with Crippen molar-refractivity contribution in [2.75, 3.05) is 6.61 Å². The topological polar surface area (TPSA) is 44.1 Å². The molecule has 4 nitrogen and oxygen atoms in total. The molecule has 0 radical (unpaired) electrons. The van der Waals surface area contributed by atoms with Crippen LogP contribution in [0.15, 0.2) is 54.6 Å². The summed E-state index contributed by atoms with van der Waals surface area (Å²) in [6, 6.07) is 18.6. The van der Waals surface area contributed by atoms with Crippen LogP contribution in [0.5, 0.6) is 0 Å². The molecule has 3 rings (SSSR count). The molecule has 0 unspecified atom stereocenters. The summed E-state index contributed by atoms with van der Waals surface area (Å²) in [7, 11) is 0. The zero-order chi connectivity index (χ0) is 18.5. The van der Waals surface area contributed by atoms with Crippen LogP contribution in [-0.4, -0.2) is 22.4 Å². The van der Waals surface area contributed by atoms with E-state index in [0.29, 0.717) is 19.6 Å². The van der Waals surface area contributed by atoms with Gasteiger partial charge in [-0.15, -0.1) is 0 Å². The number of carbonyl (C=O) groups is 1. The predicted octanol–water partition coefficient (Wildman–Crippen LogP) is 4.79. The fourth-order valence-electron chi connectivity index (χ4n) is 3.09. The minimum atomic E-state index is -0.198. The SMILES string of the molecule is CCOC(=O)CCn1nc(-c2ccccc2C)cc1-c1ccccc1C. The highest BCUT2D eigenvalue weighted by Crippen LogP contribution is 2.30. The first-order valence-electron chi connectivity index (χ1n) is 8.95. The Bertz CT molecular complexity index is 912. The minimum absolute atomic E-state index is 0.198. The van der Waals surface area contributed by atoms with Gasteiger partial charge in [0.05, 0.1) is 31.0 Å². The molecule has 0 aliphatic rings. The third kappa shape index (κ3) is 3.85. The van der Waals surface area contributed by atoms with Crippen molar-refractivity contribution in [3.8, 4) is 22.5 Å². The second kappa shape index (κ2) is 8.00. The van der Waals surface area contributed by atoms with Crippen LogP contribution in [0, 0.1) is 13.8 Å². The van der Waals surface area contributed by atoms with Crippen LogP contribution >= 0.6 is 0 Å². The van der Waals surface area contributed by atoms with Gasteiger partial charge in [0.15, 0.2) is 0 Å². The summed E-state index contributed by atoms with van der Waals surface area (Å²) in [6.45, 7) is 6.89. The molecule has 2 aromatic carbocycles. The molecule has 0 spiro atoms.